The molecule has 1 aliphatic heterocycles. The van der Waals surface area contributed by atoms with Gasteiger partial charge in [-0.2, -0.15) is 4.98 Å². The summed E-state index contributed by atoms with van der Waals surface area (Å²) < 4.78 is 6.45. The van der Waals surface area contributed by atoms with E-state index in [0.717, 1.165) is 10.0 Å². The molecule has 5 nitrogen and oxygen atoms in total. The Hall–Kier alpha value is -2.47. The fraction of sp³-hybridized carbons (Fsp3) is 0.250. The molecule has 1 unspecified atom stereocenters. The van der Waals surface area contributed by atoms with E-state index in [1.165, 1.54) is 11.1 Å². The number of amides is 1. The van der Waals surface area contributed by atoms with Crippen LogP contribution in [0.4, 0.5) is 0 Å². The zero-order valence-corrected chi connectivity index (χ0v) is 15.9. The molecule has 3 aromatic rings. The molecule has 0 spiro atoms. The van der Waals surface area contributed by atoms with Gasteiger partial charge in [0, 0.05) is 29.5 Å². The van der Waals surface area contributed by atoms with Gasteiger partial charge in [0.2, 0.25) is 17.6 Å². The summed E-state index contributed by atoms with van der Waals surface area (Å²) in [5.41, 5.74) is 3.26. The number of rotatable bonds is 4. The molecular formula is C20H18BrN3O2. The Balaban J connectivity index is 1.49. The molecule has 4 rings (SSSR count). The van der Waals surface area contributed by atoms with Gasteiger partial charge in [-0.05, 0) is 42.3 Å². The van der Waals surface area contributed by atoms with Crippen LogP contribution in [0.2, 0.25) is 0 Å². The number of aromatic nitrogens is 2. The molecule has 6 heteroatoms. The minimum absolute atomic E-state index is 0.0526. The minimum Gasteiger partial charge on any atom is -0.339 e. The van der Waals surface area contributed by atoms with E-state index in [1.54, 1.807) is 0 Å². The highest BCUT2D eigenvalue weighted by atomic mass is 79.9. The van der Waals surface area contributed by atoms with Gasteiger partial charge in [-0.3, -0.25) is 4.79 Å². The fourth-order valence-corrected chi connectivity index (χ4v) is 3.47. The van der Waals surface area contributed by atoms with E-state index >= 15 is 0 Å². The first-order valence-electron chi connectivity index (χ1n) is 8.52. The van der Waals surface area contributed by atoms with Crippen molar-refractivity contribution in [2.45, 2.75) is 25.8 Å². The lowest BCUT2D eigenvalue weighted by molar-refractivity contribution is -0.128. The number of likely N-dealkylation sites (tertiary alicyclic amines) is 1. The maximum atomic E-state index is 12.4. The number of hydrogen-bond donors (Lipinski definition) is 0. The highest BCUT2D eigenvalue weighted by molar-refractivity contribution is 9.10. The lowest BCUT2D eigenvalue weighted by Gasteiger charge is -2.17. The van der Waals surface area contributed by atoms with Crippen LogP contribution >= 0.6 is 15.9 Å². The number of aryl methyl sites for hydroxylation is 1. The predicted molar refractivity (Wildman–Crippen MR) is 101 cm³/mol. The number of halogens is 1. The Morgan fingerprint density at radius 3 is 2.73 bits per heavy atom. The second-order valence-corrected chi connectivity index (χ2v) is 7.48. The van der Waals surface area contributed by atoms with Crippen LogP contribution in [0, 0.1) is 6.92 Å². The van der Waals surface area contributed by atoms with Crippen LogP contribution in [0.15, 0.2) is 57.5 Å². The highest BCUT2D eigenvalue weighted by Crippen LogP contribution is 2.30. The van der Waals surface area contributed by atoms with Crippen LogP contribution in [0.1, 0.15) is 29.4 Å². The second-order valence-electron chi connectivity index (χ2n) is 6.56. The van der Waals surface area contributed by atoms with Gasteiger partial charge in [0.25, 0.3) is 0 Å². The third-order valence-electron chi connectivity index (χ3n) is 4.73. The predicted octanol–water partition coefficient (Wildman–Crippen LogP) is 4.32. The molecule has 26 heavy (non-hydrogen) atoms. The topological polar surface area (TPSA) is 59.2 Å². The highest BCUT2D eigenvalue weighted by Gasteiger charge is 2.34. The maximum Gasteiger partial charge on any atom is 0.232 e. The molecule has 132 valence electrons. The van der Waals surface area contributed by atoms with Crippen LogP contribution in [0.25, 0.3) is 11.4 Å². The van der Waals surface area contributed by atoms with Gasteiger partial charge >= 0.3 is 0 Å². The van der Waals surface area contributed by atoms with Crippen molar-refractivity contribution in [2.75, 3.05) is 6.54 Å². The molecule has 0 radical (unpaired) electrons. The molecular weight excluding hydrogens is 394 g/mol. The summed E-state index contributed by atoms with van der Waals surface area (Å²) >= 11 is 3.42. The molecule has 1 fully saturated rings. The molecule has 2 heterocycles. The lowest BCUT2D eigenvalue weighted by Crippen LogP contribution is -2.24. The van der Waals surface area contributed by atoms with E-state index < -0.39 is 0 Å². The molecule has 2 aromatic carbocycles. The summed E-state index contributed by atoms with van der Waals surface area (Å²) in [6.45, 7) is 3.29. The average Bonchev–Trinajstić information content (AvgIpc) is 3.25. The largest absolute Gasteiger partial charge is 0.339 e. The van der Waals surface area contributed by atoms with Crippen molar-refractivity contribution in [3.8, 4) is 11.4 Å². The summed E-state index contributed by atoms with van der Waals surface area (Å²) in [7, 11) is 0. The van der Waals surface area contributed by atoms with Gasteiger partial charge in [-0.25, -0.2) is 0 Å². The number of nitrogens with zero attached hydrogens (tertiary/aromatic N) is 3. The van der Waals surface area contributed by atoms with Crippen molar-refractivity contribution in [1.82, 2.24) is 15.0 Å². The van der Waals surface area contributed by atoms with Crippen LogP contribution < -0.4 is 0 Å². The smallest absolute Gasteiger partial charge is 0.232 e. The zero-order chi connectivity index (χ0) is 18.1. The van der Waals surface area contributed by atoms with Crippen molar-refractivity contribution in [3.63, 3.8) is 0 Å². The summed E-state index contributed by atoms with van der Waals surface area (Å²) in [6, 6.07) is 15.9. The molecule has 0 bridgehead atoms. The van der Waals surface area contributed by atoms with Crippen molar-refractivity contribution >= 4 is 21.8 Å². The van der Waals surface area contributed by atoms with E-state index in [2.05, 4.69) is 45.1 Å². The Morgan fingerprint density at radius 1 is 1.19 bits per heavy atom. The number of benzene rings is 2. The van der Waals surface area contributed by atoms with Crippen molar-refractivity contribution < 1.29 is 9.32 Å². The van der Waals surface area contributed by atoms with Crippen molar-refractivity contribution in [2.24, 2.45) is 0 Å². The van der Waals surface area contributed by atoms with Gasteiger partial charge in [0.1, 0.15) is 0 Å². The van der Waals surface area contributed by atoms with Crippen LogP contribution in [0.3, 0.4) is 0 Å². The quantitative estimate of drug-likeness (QED) is 0.640. The van der Waals surface area contributed by atoms with Crippen LogP contribution in [-0.2, 0) is 11.3 Å². The average molecular weight is 412 g/mol. The first-order valence-corrected chi connectivity index (χ1v) is 9.31. The molecule has 1 aromatic heterocycles. The normalized spacial score (nSPS) is 17.1. The summed E-state index contributed by atoms with van der Waals surface area (Å²) in [5, 5.41) is 4.08. The number of carbonyl (C=O) groups is 1. The lowest BCUT2D eigenvalue weighted by atomic mass is 10.1. The zero-order valence-electron chi connectivity index (χ0n) is 14.4. The Kier molecular flexibility index (Phi) is 4.59. The minimum atomic E-state index is -0.0526. The molecule has 0 aliphatic carbocycles. The molecule has 1 amide bonds. The molecule has 1 saturated heterocycles. The van der Waals surface area contributed by atoms with Crippen LogP contribution in [0.5, 0.6) is 0 Å². The monoisotopic (exact) mass is 411 g/mol. The third kappa shape index (κ3) is 3.42. The fourth-order valence-electron chi connectivity index (χ4n) is 3.20. The van der Waals surface area contributed by atoms with E-state index in [9.17, 15) is 4.79 Å². The first-order chi connectivity index (χ1) is 12.6. The maximum absolute atomic E-state index is 12.4. The van der Waals surface area contributed by atoms with Gasteiger partial charge in [-0.1, -0.05) is 45.4 Å². The molecule has 1 atom stereocenters. The molecule has 0 saturated carbocycles. The standard InChI is InChI=1S/C20H18BrN3O2/c1-13-4-2-3-5-15(13)11-24-12-16(10-18(24)25)20-22-19(23-26-20)14-6-8-17(21)9-7-14/h2-9,16H,10-12H2,1H3. The SMILES string of the molecule is Cc1ccccc1CN1CC(c2nc(-c3ccc(Br)cc3)no2)CC1=O. The van der Waals surface area contributed by atoms with E-state index in [-0.39, 0.29) is 11.8 Å². The Labute approximate surface area is 160 Å². The van der Waals surface area contributed by atoms with E-state index in [1.807, 2.05) is 41.3 Å². The van der Waals surface area contributed by atoms with Gasteiger partial charge in [0.15, 0.2) is 0 Å². The van der Waals surface area contributed by atoms with Gasteiger partial charge in [0.05, 0.1) is 5.92 Å². The van der Waals surface area contributed by atoms with Crippen LogP contribution in [-0.4, -0.2) is 27.5 Å². The van der Waals surface area contributed by atoms with Gasteiger partial charge < -0.3 is 9.42 Å². The summed E-state index contributed by atoms with van der Waals surface area (Å²) in [5.74, 6) is 1.16. The summed E-state index contributed by atoms with van der Waals surface area (Å²) in [6.07, 6.45) is 0.411. The van der Waals surface area contributed by atoms with E-state index in [4.69, 9.17) is 4.52 Å². The number of hydrogen-bond acceptors (Lipinski definition) is 4. The van der Waals surface area contributed by atoms with Gasteiger partial charge in [-0.15, -0.1) is 0 Å². The second kappa shape index (κ2) is 7.03. The first kappa shape index (κ1) is 17.0. The Morgan fingerprint density at radius 2 is 1.96 bits per heavy atom. The Bertz CT molecular complexity index is 936. The van der Waals surface area contributed by atoms with E-state index in [0.29, 0.717) is 31.2 Å². The molecule has 0 N–H and O–H groups in total. The third-order valence-corrected chi connectivity index (χ3v) is 5.26. The summed E-state index contributed by atoms with van der Waals surface area (Å²) in [4.78, 5) is 18.8. The number of carbonyl (C=O) groups excluding carboxylic acids is 1. The van der Waals surface area contributed by atoms with Crippen molar-refractivity contribution in [3.05, 3.63) is 70.0 Å². The van der Waals surface area contributed by atoms with Crippen molar-refractivity contribution in [1.29, 1.82) is 0 Å². The molecule has 1 aliphatic rings.